The molecule has 0 amide bonds. The largest absolute Gasteiger partial charge is 0.329 e. The second-order valence-corrected chi connectivity index (χ2v) is 4.97. The van der Waals surface area contributed by atoms with E-state index in [0.29, 0.717) is 29.7 Å². The fourth-order valence-corrected chi connectivity index (χ4v) is 2.64. The topological polar surface area (TPSA) is 72.4 Å². The Bertz CT molecular complexity index is 457. The van der Waals surface area contributed by atoms with Crippen molar-refractivity contribution in [2.75, 3.05) is 13.1 Å². The summed E-state index contributed by atoms with van der Waals surface area (Å²) < 4.78 is 0. The van der Waals surface area contributed by atoms with Crippen LogP contribution in [0.3, 0.4) is 0 Å². The van der Waals surface area contributed by atoms with Crippen LogP contribution < -0.4 is 5.73 Å². The lowest BCUT2D eigenvalue weighted by Gasteiger charge is -2.22. The molecule has 2 N–H and O–H groups in total. The molecule has 1 heterocycles. The molecular weight excluding hydrogens is 289 g/mol. The monoisotopic (exact) mass is 305 g/mol. The molecule has 1 unspecified atom stereocenters. The van der Waals surface area contributed by atoms with E-state index in [1.807, 2.05) is 0 Å². The van der Waals surface area contributed by atoms with E-state index < -0.39 is 0 Å². The van der Waals surface area contributed by atoms with Crippen LogP contribution in [0.5, 0.6) is 0 Å². The number of benzene rings is 1. The fourth-order valence-electron chi connectivity index (χ4n) is 2.45. The Morgan fingerprint density at radius 2 is 2.26 bits per heavy atom. The molecule has 1 aliphatic rings. The number of hydrogen-bond acceptors (Lipinski definition) is 4. The van der Waals surface area contributed by atoms with Gasteiger partial charge in [-0.3, -0.25) is 15.0 Å². The van der Waals surface area contributed by atoms with E-state index in [-0.39, 0.29) is 23.0 Å². The van der Waals surface area contributed by atoms with Gasteiger partial charge in [0.25, 0.3) is 5.69 Å². The average molecular weight is 306 g/mol. The van der Waals surface area contributed by atoms with E-state index in [1.165, 1.54) is 6.07 Å². The molecule has 0 aromatic heterocycles. The quantitative estimate of drug-likeness (QED) is 0.685. The van der Waals surface area contributed by atoms with Gasteiger partial charge in [0.2, 0.25) is 0 Å². The van der Waals surface area contributed by atoms with Gasteiger partial charge in [-0.25, -0.2) is 0 Å². The fraction of sp³-hybridized carbons (Fsp3) is 0.500. The first-order chi connectivity index (χ1) is 8.61. The Morgan fingerprint density at radius 1 is 1.53 bits per heavy atom. The van der Waals surface area contributed by atoms with Crippen molar-refractivity contribution >= 4 is 29.7 Å². The minimum atomic E-state index is -0.362. The molecule has 1 saturated heterocycles. The van der Waals surface area contributed by atoms with Crippen LogP contribution in [0.4, 0.5) is 5.69 Å². The number of hydrogen-bond donors (Lipinski definition) is 1. The number of nitro benzene ring substituents is 1. The number of rotatable bonds is 4. The molecule has 1 aliphatic heterocycles. The summed E-state index contributed by atoms with van der Waals surface area (Å²) in [5, 5.41) is 11.5. The zero-order valence-corrected chi connectivity index (χ0v) is 12.0. The average Bonchev–Trinajstić information content (AvgIpc) is 2.76. The number of nitrogens with zero attached hydrogens (tertiary/aromatic N) is 2. The van der Waals surface area contributed by atoms with Gasteiger partial charge >= 0.3 is 0 Å². The highest BCUT2D eigenvalue weighted by Gasteiger charge is 2.25. The van der Waals surface area contributed by atoms with Crippen LogP contribution in [-0.2, 0) is 6.54 Å². The minimum absolute atomic E-state index is 0. The highest BCUT2D eigenvalue weighted by molar-refractivity contribution is 6.30. The lowest BCUT2D eigenvalue weighted by Crippen LogP contribution is -2.35. The molecule has 7 heteroatoms. The molecule has 1 fully saturated rings. The molecule has 5 nitrogen and oxygen atoms in total. The highest BCUT2D eigenvalue weighted by Crippen LogP contribution is 2.27. The van der Waals surface area contributed by atoms with Crippen LogP contribution in [0.2, 0.25) is 5.02 Å². The molecule has 0 radical (unpaired) electrons. The predicted octanol–water partition coefficient (Wildman–Crippen LogP) is 2.59. The summed E-state index contributed by atoms with van der Waals surface area (Å²) in [6, 6.07) is 5.01. The van der Waals surface area contributed by atoms with Gasteiger partial charge in [-0.15, -0.1) is 12.4 Å². The Balaban J connectivity index is 0.00000180. The summed E-state index contributed by atoms with van der Waals surface area (Å²) in [7, 11) is 0. The number of likely N-dealkylation sites (tertiary alicyclic amines) is 1. The molecule has 2 rings (SSSR count). The first-order valence-corrected chi connectivity index (χ1v) is 6.36. The second-order valence-electron chi connectivity index (χ2n) is 4.53. The van der Waals surface area contributed by atoms with Crippen LogP contribution in [0, 0.1) is 10.1 Å². The second kappa shape index (κ2) is 7.05. The standard InChI is InChI=1S/C12H16ClN3O2.ClH/c13-10-3-4-12(16(17)18)9(6-10)8-15-5-1-2-11(15)7-14;/h3-4,6,11H,1-2,5,7-8,14H2;1H. The summed E-state index contributed by atoms with van der Waals surface area (Å²) in [5.41, 5.74) is 6.49. The number of nitrogens with two attached hydrogens (primary N) is 1. The molecule has 19 heavy (non-hydrogen) atoms. The first kappa shape index (κ1) is 16.2. The molecule has 1 aromatic rings. The molecule has 0 bridgehead atoms. The Morgan fingerprint density at radius 3 is 2.89 bits per heavy atom. The van der Waals surface area contributed by atoms with E-state index in [0.717, 1.165) is 19.4 Å². The maximum Gasteiger partial charge on any atom is 0.273 e. The van der Waals surface area contributed by atoms with Gasteiger partial charge in [0.05, 0.1) is 4.92 Å². The molecule has 106 valence electrons. The van der Waals surface area contributed by atoms with E-state index in [2.05, 4.69) is 4.90 Å². The molecule has 0 spiro atoms. The summed E-state index contributed by atoms with van der Waals surface area (Å²) in [5.74, 6) is 0. The third kappa shape index (κ3) is 3.79. The number of nitro groups is 1. The zero-order valence-electron chi connectivity index (χ0n) is 10.4. The van der Waals surface area contributed by atoms with E-state index in [9.17, 15) is 10.1 Å². The van der Waals surface area contributed by atoms with Crippen molar-refractivity contribution in [2.45, 2.75) is 25.4 Å². The van der Waals surface area contributed by atoms with Crippen LogP contribution in [0.15, 0.2) is 18.2 Å². The smallest absolute Gasteiger partial charge is 0.273 e. The van der Waals surface area contributed by atoms with Gasteiger partial charge in [-0.2, -0.15) is 0 Å². The minimum Gasteiger partial charge on any atom is -0.329 e. The van der Waals surface area contributed by atoms with Crippen molar-refractivity contribution in [3.05, 3.63) is 38.9 Å². The third-order valence-corrected chi connectivity index (χ3v) is 3.62. The highest BCUT2D eigenvalue weighted by atomic mass is 35.5. The van der Waals surface area contributed by atoms with Crippen LogP contribution in [0.1, 0.15) is 18.4 Å². The summed E-state index contributed by atoms with van der Waals surface area (Å²) in [4.78, 5) is 12.8. The van der Waals surface area contributed by atoms with E-state index >= 15 is 0 Å². The molecule has 0 aliphatic carbocycles. The van der Waals surface area contributed by atoms with E-state index in [4.69, 9.17) is 17.3 Å². The lowest BCUT2D eigenvalue weighted by atomic mass is 10.1. The first-order valence-electron chi connectivity index (χ1n) is 5.98. The summed E-state index contributed by atoms with van der Waals surface area (Å²) in [6.45, 7) is 2.07. The number of halogens is 2. The van der Waals surface area contributed by atoms with Crippen molar-refractivity contribution in [2.24, 2.45) is 5.73 Å². The Labute approximate surface area is 123 Å². The lowest BCUT2D eigenvalue weighted by molar-refractivity contribution is -0.385. The van der Waals surface area contributed by atoms with E-state index in [1.54, 1.807) is 12.1 Å². The van der Waals surface area contributed by atoms with Gasteiger partial charge in [0.1, 0.15) is 0 Å². The van der Waals surface area contributed by atoms with Crippen molar-refractivity contribution in [1.82, 2.24) is 4.90 Å². The summed E-state index contributed by atoms with van der Waals surface area (Å²) >= 11 is 5.91. The molecular formula is C12H17Cl2N3O2. The van der Waals surface area contributed by atoms with Crippen molar-refractivity contribution in [3.8, 4) is 0 Å². The van der Waals surface area contributed by atoms with Gasteiger partial charge in [-0.1, -0.05) is 11.6 Å². The van der Waals surface area contributed by atoms with Crippen LogP contribution in [0.25, 0.3) is 0 Å². The van der Waals surface area contributed by atoms with Crippen molar-refractivity contribution in [3.63, 3.8) is 0 Å². The SMILES string of the molecule is Cl.NCC1CCCN1Cc1cc(Cl)ccc1[N+](=O)[O-]. The van der Waals surface area contributed by atoms with Crippen molar-refractivity contribution < 1.29 is 4.92 Å². The van der Waals surface area contributed by atoms with Crippen LogP contribution in [-0.4, -0.2) is 29.0 Å². The van der Waals surface area contributed by atoms with Gasteiger partial charge in [0, 0.05) is 35.8 Å². The maximum atomic E-state index is 11.0. The van der Waals surface area contributed by atoms with Crippen molar-refractivity contribution in [1.29, 1.82) is 0 Å². The zero-order chi connectivity index (χ0) is 13.1. The van der Waals surface area contributed by atoms with Crippen LogP contribution >= 0.6 is 24.0 Å². The van der Waals surface area contributed by atoms with Gasteiger partial charge in [0.15, 0.2) is 0 Å². The third-order valence-electron chi connectivity index (χ3n) is 3.38. The molecule has 0 saturated carbocycles. The van der Waals surface area contributed by atoms with Gasteiger partial charge < -0.3 is 5.73 Å². The normalized spacial score (nSPS) is 19.2. The predicted molar refractivity (Wildman–Crippen MR) is 77.8 cm³/mol. The maximum absolute atomic E-state index is 11.0. The Kier molecular flexibility index (Phi) is 6.00. The van der Waals surface area contributed by atoms with Gasteiger partial charge in [-0.05, 0) is 31.5 Å². The summed E-state index contributed by atoms with van der Waals surface area (Å²) in [6.07, 6.45) is 2.15. The molecule has 1 aromatic carbocycles. The molecule has 1 atom stereocenters. The Hall–Kier alpha value is -0.880.